The second-order valence-electron chi connectivity index (χ2n) is 15.0. The summed E-state index contributed by atoms with van der Waals surface area (Å²) in [6.45, 7) is 11.9. The summed E-state index contributed by atoms with van der Waals surface area (Å²) in [6.07, 6.45) is 0. The quantitative estimate of drug-likeness (QED) is 0.111. The van der Waals surface area contributed by atoms with Crippen molar-refractivity contribution in [2.24, 2.45) is 0 Å². The van der Waals surface area contributed by atoms with Crippen molar-refractivity contribution in [2.45, 2.75) is 41.5 Å². The van der Waals surface area contributed by atoms with Gasteiger partial charge in [0.15, 0.2) is 0 Å². The van der Waals surface area contributed by atoms with Crippen LogP contribution in [0, 0.1) is 53.2 Å². The van der Waals surface area contributed by atoms with Crippen LogP contribution in [-0.2, 0) is 0 Å². The molecule has 0 fully saturated rings. The Kier molecular flexibility index (Phi) is 16.7. The van der Waals surface area contributed by atoms with Gasteiger partial charge >= 0.3 is 0 Å². The second-order valence-corrected chi connectivity index (χ2v) is 15.0. The molecule has 10 heteroatoms. The van der Waals surface area contributed by atoms with Gasteiger partial charge in [-0.05, 0) is 202 Å². The van der Waals surface area contributed by atoms with Gasteiger partial charge in [-0.15, -0.1) is 0 Å². The van der Waals surface area contributed by atoms with Crippen molar-refractivity contribution in [3.8, 4) is 46.0 Å². The van der Waals surface area contributed by atoms with Gasteiger partial charge in [0.25, 0.3) is 0 Å². The maximum Gasteiger partial charge on any atom is 0.130 e. The minimum absolute atomic E-state index is 0.277. The monoisotopic (exact) mass is 860 g/mol. The molecule has 64 heavy (non-hydrogen) atoms. The predicted molar refractivity (Wildman–Crippen MR) is 258 cm³/mol. The molecule has 0 bridgehead atoms. The summed E-state index contributed by atoms with van der Waals surface area (Å²) < 4.78 is 48.4. The van der Waals surface area contributed by atoms with E-state index in [1.807, 2.05) is 139 Å². The first-order valence-corrected chi connectivity index (χ1v) is 20.4. The van der Waals surface area contributed by atoms with E-state index < -0.39 is 0 Å². The summed E-state index contributed by atoms with van der Waals surface area (Å²) in [7, 11) is 0. The van der Waals surface area contributed by atoms with Crippen LogP contribution in [0.2, 0.25) is 0 Å². The van der Waals surface area contributed by atoms with E-state index in [0.717, 1.165) is 67.9 Å². The normalized spacial score (nSPS) is 10.1. The molecular formula is C54H54F2N4O4. The van der Waals surface area contributed by atoms with Crippen molar-refractivity contribution >= 4 is 22.7 Å². The van der Waals surface area contributed by atoms with Gasteiger partial charge in [-0.2, -0.15) is 0 Å². The van der Waals surface area contributed by atoms with Crippen molar-refractivity contribution < 1.29 is 27.7 Å². The van der Waals surface area contributed by atoms with Crippen LogP contribution >= 0.6 is 0 Å². The van der Waals surface area contributed by atoms with E-state index in [9.17, 15) is 8.78 Å². The first kappa shape index (κ1) is 47.1. The van der Waals surface area contributed by atoms with Gasteiger partial charge < -0.3 is 41.9 Å². The number of aryl methyl sites for hydroxylation is 6. The molecule has 0 atom stereocenters. The summed E-state index contributed by atoms with van der Waals surface area (Å²) in [5.74, 6) is 5.33. The molecule has 0 aromatic heterocycles. The van der Waals surface area contributed by atoms with Gasteiger partial charge in [0.05, 0.1) is 0 Å². The van der Waals surface area contributed by atoms with Crippen LogP contribution < -0.4 is 41.9 Å². The molecule has 0 aliphatic carbocycles. The molecule has 8 nitrogen and oxygen atoms in total. The van der Waals surface area contributed by atoms with Crippen LogP contribution in [0.5, 0.6) is 46.0 Å². The molecule has 0 aliphatic rings. The highest BCUT2D eigenvalue weighted by Crippen LogP contribution is 2.30. The molecule has 8 aromatic carbocycles. The number of hydrogen-bond donors (Lipinski definition) is 4. The van der Waals surface area contributed by atoms with Crippen molar-refractivity contribution in [1.82, 2.24) is 0 Å². The number of anilines is 4. The second kappa shape index (κ2) is 22.7. The molecule has 328 valence electrons. The summed E-state index contributed by atoms with van der Waals surface area (Å²) in [5, 5.41) is 0. The Morgan fingerprint density at radius 2 is 0.688 bits per heavy atom. The van der Waals surface area contributed by atoms with Crippen molar-refractivity contribution in [2.75, 3.05) is 22.9 Å². The van der Waals surface area contributed by atoms with Crippen LogP contribution in [0.3, 0.4) is 0 Å². The van der Waals surface area contributed by atoms with Crippen LogP contribution in [0.1, 0.15) is 33.4 Å². The van der Waals surface area contributed by atoms with E-state index in [-0.39, 0.29) is 11.6 Å². The third kappa shape index (κ3) is 14.9. The van der Waals surface area contributed by atoms with Gasteiger partial charge in [-0.1, -0.05) is 36.4 Å². The number of para-hydroxylation sites is 1. The highest BCUT2D eigenvalue weighted by Gasteiger charge is 2.06. The van der Waals surface area contributed by atoms with E-state index in [2.05, 4.69) is 0 Å². The van der Waals surface area contributed by atoms with Gasteiger partial charge in [-0.3, -0.25) is 0 Å². The standard InChI is InChI=1S/2C14H15NO.2C13H12FNO/c1-10-4-3-5-13(8-10)16-14-7-6-12(15)9-11(14)2;1-10-5-3-4-6-13(10)16-14-8-7-12(15)9-11(14)2;1-9-8-11(15)4-7-13(9)16-12-5-2-10(14)3-6-12;1-9-7-11(15)5-6-13(9)16-12-4-2-3-10(14)8-12/h2*3-9H,15H2,1-2H3;2*2-8H,15H2,1H3. The average molecular weight is 861 g/mol. The van der Waals surface area contributed by atoms with Gasteiger partial charge in [-0.25, -0.2) is 8.78 Å². The number of hydrogen-bond acceptors (Lipinski definition) is 8. The highest BCUT2D eigenvalue weighted by molar-refractivity contribution is 5.52. The number of halogens is 2. The summed E-state index contributed by atoms with van der Waals surface area (Å²) in [4.78, 5) is 0. The lowest BCUT2D eigenvalue weighted by molar-refractivity contribution is 0.473. The molecule has 8 rings (SSSR count). The molecule has 8 N–H and O–H groups in total. The van der Waals surface area contributed by atoms with E-state index in [1.165, 1.54) is 29.8 Å². The topological polar surface area (TPSA) is 141 Å². The molecule has 0 saturated heterocycles. The Hall–Kier alpha value is -7.98. The Bertz CT molecular complexity index is 2680. The summed E-state index contributed by atoms with van der Waals surface area (Å²) in [5.41, 5.74) is 31.8. The van der Waals surface area contributed by atoms with Crippen molar-refractivity contribution in [3.63, 3.8) is 0 Å². The molecule has 0 spiro atoms. The zero-order chi connectivity index (χ0) is 46.2. The number of rotatable bonds is 8. The lowest BCUT2D eigenvalue weighted by atomic mass is 10.2. The fourth-order valence-corrected chi connectivity index (χ4v) is 6.03. The van der Waals surface area contributed by atoms with E-state index in [1.54, 1.807) is 48.5 Å². The summed E-state index contributed by atoms with van der Waals surface area (Å²) >= 11 is 0. The largest absolute Gasteiger partial charge is 0.457 e. The van der Waals surface area contributed by atoms with Gasteiger partial charge in [0.2, 0.25) is 0 Å². The van der Waals surface area contributed by atoms with Crippen LogP contribution in [-0.4, -0.2) is 0 Å². The third-order valence-electron chi connectivity index (χ3n) is 9.39. The lowest BCUT2D eigenvalue weighted by Crippen LogP contribution is -1.91. The van der Waals surface area contributed by atoms with Gasteiger partial charge in [0.1, 0.15) is 57.6 Å². The minimum atomic E-state index is -0.314. The molecule has 0 unspecified atom stereocenters. The Balaban J connectivity index is 0.000000161. The molecule has 0 saturated carbocycles. The Morgan fingerprint density at radius 1 is 0.297 bits per heavy atom. The maximum atomic E-state index is 12.9. The fourth-order valence-electron chi connectivity index (χ4n) is 6.03. The van der Waals surface area contributed by atoms with Crippen LogP contribution in [0.15, 0.2) is 170 Å². The predicted octanol–water partition coefficient (Wildman–Crippen LogP) is 14.4. The number of nitrogen functional groups attached to an aromatic ring is 4. The van der Waals surface area contributed by atoms with Crippen LogP contribution in [0.25, 0.3) is 0 Å². The van der Waals surface area contributed by atoms with Crippen molar-refractivity contribution in [3.05, 3.63) is 215 Å². The molecule has 0 heterocycles. The number of benzene rings is 8. The minimum Gasteiger partial charge on any atom is -0.457 e. The van der Waals surface area contributed by atoms with E-state index >= 15 is 0 Å². The average Bonchev–Trinajstić information content (AvgIpc) is 3.24. The lowest BCUT2D eigenvalue weighted by Gasteiger charge is -2.11. The third-order valence-corrected chi connectivity index (χ3v) is 9.39. The number of ether oxygens (including phenoxy) is 4. The first-order chi connectivity index (χ1) is 30.6. The van der Waals surface area contributed by atoms with Crippen LogP contribution in [0.4, 0.5) is 31.5 Å². The van der Waals surface area contributed by atoms with Gasteiger partial charge in [0, 0.05) is 28.8 Å². The van der Waals surface area contributed by atoms with E-state index in [0.29, 0.717) is 28.6 Å². The molecule has 0 amide bonds. The Labute approximate surface area is 374 Å². The zero-order valence-corrected chi connectivity index (χ0v) is 36.9. The SMILES string of the molecule is Cc1cc(N)ccc1Oc1ccc(F)cc1.Cc1cc(N)ccc1Oc1cccc(F)c1.Cc1cccc(Oc2ccc(N)cc2C)c1.Cc1ccccc1Oc1ccc(N)cc1C. The first-order valence-electron chi connectivity index (χ1n) is 20.4. The maximum absolute atomic E-state index is 12.9. The smallest absolute Gasteiger partial charge is 0.130 e. The summed E-state index contributed by atoms with van der Waals surface area (Å²) in [6, 6.07) is 49.9. The van der Waals surface area contributed by atoms with Crippen molar-refractivity contribution in [1.29, 1.82) is 0 Å². The zero-order valence-electron chi connectivity index (χ0n) is 36.9. The molecular weight excluding hydrogens is 807 g/mol. The Morgan fingerprint density at radius 3 is 1.11 bits per heavy atom. The van der Waals surface area contributed by atoms with E-state index in [4.69, 9.17) is 41.9 Å². The number of nitrogens with two attached hydrogens (primary N) is 4. The molecule has 0 aliphatic heterocycles. The fraction of sp³-hybridized carbons (Fsp3) is 0.111. The highest BCUT2D eigenvalue weighted by atomic mass is 19.1. The molecule has 0 radical (unpaired) electrons. The molecule has 8 aromatic rings.